The second kappa shape index (κ2) is 8.22. The summed E-state index contributed by atoms with van der Waals surface area (Å²) in [5, 5.41) is 12.7. The van der Waals surface area contributed by atoms with Crippen LogP contribution in [0.15, 0.2) is 12.1 Å². The largest absolute Gasteiger partial charge is 0.373 e. The Kier molecular flexibility index (Phi) is 5.58. The second-order valence-corrected chi connectivity index (χ2v) is 9.92. The Bertz CT molecular complexity index is 1160. The number of halogens is 4. The predicted molar refractivity (Wildman–Crippen MR) is 114 cm³/mol. The number of amides is 1. The molecule has 0 unspecified atom stereocenters. The average Bonchev–Trinajstić information content (AvgIpc) is 3.48. The van der Waals surface area contributed by atoms with Crippen LogP contribution in [0.2, 0.25) is 0 Å². The van der Waals surface area contributed by atoms with Gasteiger partial charge in [-0.3, -0.25) is 9.20 Å². The Balaban J connectivity index is 1.48. The predicted octanol–water partition coefficient (Wildman–Crippen LogP) is 4.74. The minimum absolute atomic E-state index is 0.00554. The molecule has 2 saturated heterocycles. The van der Waals surface area contributed by atoms with Crippen molar-refractivity contribution < 1.29 is 27.1 Å². The van der Waals surface area contributed by atoms with Crippen molar-refractivity contribution in [2.24, 2.45) is 5.92 Å². The summed E-state index contributed by atoms with van der Waals surface area (Å²) in [5.41, 5.74) is -0.109. The van der Waals surface area contributed by atoms with Crippen molar-refractivity contribution >= 4 is 11.6 Å². The number of hydrogen-bond donors (Lipinski definition) is 1. The highest BCUT2D eigenvalue weighted by Gasteiger charge is 2.42. The first-order valence-electron chi connectivity index (χ1n) is 11.7. The molecule has 3 atom stereocenters. The number of carbonyl (C=O) groups excluding carboxylic acids is 1. The lowest BCUT2D eigenvalue weighted by Gasteiger charge is -2.28. The van der Waals surface area contributed by atoms with Crippen LogP contribution in [0.5, 0.6) is 0 Å². The van der Waals surface area contributed by atoms with Gasteiger partial charge in [0, 0.05) is 25.3 Å². The number of carbonyl (C=O) groups is 1. The first kappa shape index (κ1) is 23.1. The summed E-state index contributed by atoms with van der Waals surface area (Å²) < 4.78 is 63.3. The third-order valence-corrected chi connectivity index (χ3v) is 7.35. The van der Waals surface area contributed by atoms with Crippen LogP contribution in [-0.4, -0.2) is 39.5 Å². The molecule has 3 aliphatic rings. The number of rotatable bonds is 5. The maximum atomic E-state index is 14.5. The van der Waals surface area contributed by atoms with E-state index in [0.29, 0.717) is 0 Å². The van der Waals surface area contributed by atoms with Crippen LogP contribution in [0.25, 0.3) is 5.65 Å². The maximum Gasteiger partial charge on any atom is 0.288 e. The van der Waals surface area contributed by atoms with Gasteiger partial charge in [0.1, 0.15) is 23.1 Å². The number of pyridine rings is 1. The van der Waals surface area contributed by atoms with Crippen molar-refractivity contribution in [3.63, 3.8) is 0 Å². The fourth-order valence-corrected chi connectivity index (χ4v) is 5.60. The van der Waals surface area contributed by atoms with Gasteiger partial charge in [0.2, 0.25) is 5.92 Å². The van der Waals surface area contributed by atoms with E-state index in [9.17, 15) is 27.6 Å². The van der Waals surface area contributed by atoms with Gasteiger partial charge in [-0.05, 0) is 56.6 Å². The van der Waals surface area contributed by atoms with Crippen molar-refractivity contribution in [1.29, 1.82) is 5.26 Å². The summed E-state index contributed by atoms with van der Waals surface area (Å²) >= 11 is 0. The lowest BCUT2D eigenvalue weighted by molar-refractivity contribution is -0.0460. The van der Waals surface area contributed by atoms with Gasteiger partial charge in [-0.25, -0.2) is 13.8 Å². The zero-order valence-electron chi connectivity index (χ0n) is 18.8. The monoisotopic (exact) mass is 478 g/mol. The standard InChI is InChI=1S/C24H26F4N4O2/c1-23(25,26)21-18(8-13-4-6-24(27,28)7-5-13)32-15(12-29)9-14(10-20(32)31-21)22(33)30-17-11-16-2-3-19(17)34-16/h9-10,13,16-17,19H,2-8,11H2,1H3,(H,30,33)/t16-,17-,19+/m0/s1. The van der Waals surface area contributed by atoms with Crippen LogP contribution >= 0.6 is 0 Å². The van der Waals surface area contributed by atoms with Crippen LogP contribution in [0.3, 0.4) is 0 Å². The van der Waals surface area contributed by atoms with Crippen molar-refractivity contribution in [3.05, 3.63) is 34.8 Å². The number of nitriles is 1. The number of nitrogens with one attached hydrogen (secondary N) is 1. The summed E-state index contributed by atoms with van der Waals surface area (Å²) in [6, 6.07) is 4.64. The van der Waals surface area contributed by atoms with Crippen molar-refractivity contribution in [3.8, 4) is 6.07 Å². The summed E-state index contributed by atoms with van der Waals surface area (Å²) in [6.45, 7) is 0.724. The van der Waals surface area contributed by atoms with E-state index < -0.39 is 23.4 Å². The molecule has 1 saturated carbocycles. The molecule has 2 aromatic heterocycles. The molecule has 2 aliphatic heterocycles. The van der Waals surface area contributed by atoms with Gasteiger partial charge in [-0.1, -0.05) is 0 Å². The number of alkyl halides is 4. The minimum Gasteiger partial charge on any atom is -0.373 e. The number of ether oxygens (including phenoxy) is 1. The van der Waals surface area contributed by atoms with Crippen LogP contribution in [0, 0.1) is 17.2 Å². The molecule has 1 aliphatic carbocycles. The summed E-state index contributed by atoms with van der Waals surface area (Å²) in [6.07, 6.45) is 2.67. The smallest absolute Gasteiger partial charge is 0.288 e. The number of fused-ring (bicyclic) bond motifs is 3. The number of hydrogen-bond acceptors (Lipinski definition) is 4. The van der Waals surface area contributed by atoms with Gasteiger partial charge < -0.3 is 10.1 Å². The molecule has 1 N–H and O–H groups in total. The first-order chi connectivity index (χ1) is 16.0. The minimum atomic E-state index is -3.30. The second-order valence-electron chi connectivity index (χ2n) is 9.92. The molecule has 2 bridgehead atoms. The fourth-order valence-electron chi connectivity index (χ4n) is 5.60. The van der Waals surface area contributed by atoms with Crippen LogP contribution in [0.4, 0.5) is 17.6 Å². The topological polar surface area (TPSA) is 79.4 Å². The van der Waals surface area contributed by atoms with Gasteiger partial charge in [-0.2, -0.15) is 14.0 Å². The molecular formula is C24H26F4N4O2. The molecule has 34 heavy (non-hydrogen) atoms. The Labute approximate surface area is 194 Å². The van der Waals surface area contributed by atoms with E-state index in [1.807, 2.05) is 6.07 Å². The Morgan fingerprint density at radius 2 is 2.03 bits per heavy atom. The van der Waals surface area contributed by atoms with Crippen LogP contribution < -0.4 is 5.32 Å². The van der Waals surface area contributed by atoms with Gasteiger partial charge in [0.25, 0.3) is 11.8 Å². The molecular weight excluding hydrogens is 452 g/mol. The van der Waals surface area contributed by atoms with Crippen molar-refractivity contribution in [2.75, 3.05) is 0 Å². The van der Waals surface area contributed by atoms with E-state index in [1.165, 1.54) is 16.5 Å². The molecule has 1 amide bonds. The Morgan fingerprint density at radius 3 is 2.62 bits per heavy atom. The van der Waals surface area contributed by atoms with Crippen LogP contribution in [-0.2, 0) is 17.1 Å². The SMILES string of the molecule is CC(F)(F)c1nc2cc(C(=O)N[C@H]3C[C@@H]4CC[C@H]3O4)cc(C#N)n2c1CC1CCC(F)(F)CC1. The van der Waals surface area contributed by atoms with Crippen molar-refractivity contribution in [1.82, 2.24) is 14.7 Å². The van der Waals surface area contributed by atoms with Gasteiger partial charge in [0.05, 0.1) is 23.9 Å². The fraction of sp³-hybridized carbons (Fsp3) is 0.625. The zero-order chi connectivity index (χ0) is 24.3. The van der Waals surface area contributed by atoms with Gasteiger partial charge in [0.15, 0.2) is 0 Å². The highest BCUT2D eigenvalue weighted by molar-refractivity contribution is 5.95. The Morgan fingerprint density at radius 1 is 1.29 bits per heavy atom. The lowest BCUT2D eigenvalue weighted by Crippen LogP contribution is -2.41. The van der Waals surface area contributed by atoms with E-state index in [-0.39, 0.29) is 78.9 Å². The summed E-state index contributed by atoms with van der Waals surface area (Å²) in [5.74, 6) is -6.65. The zero-order valence-corrected chi connectivity index (χ0v) is 18.8. The maximum absolute atomic E-state index is 14.5. The highest BCUT2D eigenvalue weighted by Crippen LogP contribution is 2.40. The third kappa shape index (κ3) is 4.26. The number of nitrogens with zero attached hydrogens (tertiary/aromatic N) is 3. The quantitative estimate of drug-likeness (QED) is 0.630. The Hall–Kier alpha value is -2.67. The molecule has 10 heteroatoms. The van der Waals surface area contributed by atoms with Gasteiger partial charge >= 0.3 is 0 Å². The molecule has 5 rings (SSSR count). The molecule has 182 valence electrons. The molecule has 0 radical (unpaired) electrons. The number of aromatic nitrogens is 2. The third-order valence-electron chi connectivity index (χ3n) is 7.35. The first-order valence-corrected chi connectivity index (χ1v) is 11.7. The number of imidazole rings is 1. The summed E-state index contributed by atoms with van der Waals surface area (Å²) in [4.78, 5) is 17.0. The van der Waals surface area contributed by atoms with E-state index in [4.69, 9.17) is 4.74 Å². The normalized spacial score (nSPS) is 26.6. The highest BCUT2D eigenvalue weighted by atomic mass is 19.3. The molecule has 3 fully saturated rings. The van der Waals surface area contributed by atoms with Gasteiger partial charge in [-0.15, -0.1) is 0 Å². The molecule has 0 spiro atoms. The molecule has 0 aromatic carbocycles. The van der Waals surface area contributed by atoms with E-state index in [2.05, 4.69) is 10.3 Å². The average molecular weight is 478 g/mol. The van der Waals surface area contributed by atoms with Crippen molar-refractivity contribution in [2.45, 2.75) is 88.4 Å². The van der Waals surface area contributed by atoms with E-state index in [0.717, 1.165) is 26.2 Å². The molecule has 6 nitrogen and oxygen atoms in total. The molecule has 2 aromatic rings. The lowest BCUT2D eigenvalue weighted by atomic mass is 9.83. The van der Waals surface area contributed by atoms with E-state index in [1.54, 1.807) is 0 Å². The summed E-state index contributed by atoms with van der Waals surface area (Å²) in [7, 11) is 0. The van der Waals surface area contributed by atoms with E-state index >= 15 is 0 Å². The van der Waals surface area contributed by atoms with Crippen LogP contribution in [0.1, 0.15) is 79.3 Å². The molecule has 4 heterocycles.